The van der Waals surface area contributed by atoms with Crippen LogP contribution in [0.25, 0.3) is 21.5 Å². The summed E-state index contributed by atoms with van der Waals surface area (Å²) in [6, 6.07) is 23.3. The monoisotopic (exact) mass is 399 g/mol. The van der Waals surface area contributed by atoms with E-state index in [0.29, 0.717) is 0 Å². The molecule has 2 amide bonds. The number of hydrogen-bond acceptors (Lipinski definition) is 3. The van der Waals surface area contributed by atoms with E-state index in [-0.39, 0.29) is 12.1 Å². The Morgan fingerprint density at radius 3 is 2.20 bits per heavy atom. The maximum absolute atomic E-state index is 13.2. The minimum atomic E-state index is -0.534. The van der Waals surface area contributed by atoms with Crippen LogP contribution >= 0.6 is 0 Å². The highest BCUT2D eigenvalue weighted by atomic mass is 19.1. The first-order valence-electron chi connectivity index (χ1n) is 9.38. The van der Waals surface area contributed by atoms with Crippen LogP contribution in [0, 0.1) is 5.82 Å². The van der Waals surface area contributed by atoms with Crippen molar-refractivity contribution in [3.05, 3.63) is 95.8 Å². The number of nitrogens with zero attached hydrogens (tertiary/aromatic N) is 1. The van der Waals surface area contributed by atoms with Crippen LogP contribution in [0.15, 0.2) is 84.0 Å². The van der Waals surface area contributed by atoms with Gasteiger partial charge < -0.3 is 5.32 Å². The predicted octanol–water partition coefficient (Wildman–Crippen LogP) is 4.01. The highest BCUT2D eigenvalue weighted by molar-refractivity contribution is 6.13. The number of carbonyl (C=O) groups excluding carboxylic acids is 2. The van der Waals surface area contributed by atoms with Crippen molar-refractivity contribution in [2.75, 3.05) is 6.54 Å². The van der Waals surface area contributed by atoms with E-state index in [0.717, 1.165) is 33.2 Å². The average Bonchev–Trinajstić information content (AvgIpc) is 2.77. The Morgan fingerprint density at radius 1 is 0.867 bits per heavy atom. The summed E-state index contributed by atoms with van der Waals surface area (Å²) in [6.45, 7) is -0.275. The molecule has 0 aliphatic rings. The van der Waals surface area contributed by atoms with Gasteiger partial charge in [-0.2, -0.15) is 5.10 Å². The lowest BCUT2D eigenvalue weighted by atomic mass is 9.97. The fraction of sp³-hybridized carbons (Fsp3) is 0.0417. The van der Waals surface area contributed by atoms with Gasteiger partial charge in [0.2, 0.25) is 0 Å². The van der Waals surface area contributed by atoms with Gasteiger partial charge in [0.25, 0.3) is 11.8 Å². The minimum absolute atomic E-state index is 0.147. The molecule has 0 aromatic heterocycles. The van der Waals surface area contributed by atoms with Gasteiger partial charge in [0, 0.05) is 11.1 Å². The third kappa shape index (κ3) is 4.17. The normalized spacial score (nSPS) is 11.1. The number of nitrogens with one attached hydrogen (secondary N) is 2. The molecule has 0 fully saturated rings. The van der Waals surface area contributed by atoms with Gasteiger partial charge in [-0.15, -0.1) is 0 Å². The molecule has 2 N–H and O–H groups in total. The number of carbonyl (C=O) groups is 2. The third-order valence-corrected chi connectivity index (χ3v) is 4.69. The predicted molar refractivity (Wildman–Crippen MR) is 116 cm³/mol. The zero-order valence-corrected chi connectivity index (χ0v) is 15.9. The lowest BCUT2D eigenvalue weighted by Crippen LogP contribution is -2.34. The van der Waals surface area contributed by atoms with E-state index in [4.69, 9.17) is 0 Å². The molecule has 4 aromatic rings. The van der Waals surface area contributed by atoms with Crippen molar-refractivity contribution < 1.29 is 14.0 Å². The number of rotatable bonds is 5. The molecule has 0 atom stereocenters. The first kappa shape index (κ1) is 19.3. The summed E-state index contributed by atoms with van der Waals surface area (Å²) in [5, 5.41) is 10.7. The molecule has 0 unspecified atom stereocenters. The maximum Gasteiger partial charge on any atom is 0.259 e. The molecule has 0 heterocycles. The molecule has 4 aromatic carbocycles. The molecular formula is C24H18FN3O2. The lowest BCUT2D eigenvalue weighted by Gasteiger charge is -2.08. The largest absolute Gasteiger partial charge is 0.343 e. The molecule has 4 rings (SSSR count). The molecule has 30 heavy (non-hydrogen) atoms. The second-order valence-electron chi connectivity index (χ2n) is 6.72. The summed E-state index contributed by atoms with van der Waals surface area (Å²) in [7, 11) is 0. The van der Waals surface area contributed by atoms with E-state index in [1.165, 1.54) is 18.2 Å². The van der Waals surface area contributed by atoms with Crippen molar-refractivity contribution >= 4 is 39.6 Å². The van der Waals surface area contributed by atoms with Gasteiger partial charge in [-0.25, -0.2) is 9.82 Å². The Balaban J connectivity index is 1.47. The maximum atomic E-state index is 13.2. The Kier molecular flexibility index (Phi) is 5.48. The van der Waals surface area contributed by atoms with Crippen LogP contribution in [0.3, 0.4) is 0 Å². The molecule has 148 valence electrons. The number of benzene rings is 4. The van der Waals surface area contributed by atoms with Gasteiger partial charge in [-0.3, -0.25) is 9.59 Å². The first-order valence-corrected chi connectivity index (χ1v) is 9.38. The molecule has 0 bridgehead atoms. The van der Waals surface area contributed by atoms with Crippen molar-refractivity contribution in [2.45, 2.75) is 0 Å². The topological polar surface area (TPSA) is 70.6 Å². The molecule has 5 nitrogen and oxygen atoms in total. The summed E-state index contributed by atoms with van der Waals surface area (Å²) in [5.41, 5.74) is 3.46. The third-order valence-electron chi connectivity index (χ3n) is 4.69. The second-order valence-corrected chi connectivity index (χ2v) is 6.72. The van der Waals surface area contributed by atoms with E-state index in [2.05, 4.69) is 21.9 Å². The van der Waals surface area contributed by atoms with Crippen molar-refractivity contribution in [3.63, 3.8) is 0 Å². The quantitative estimate of drug-likeness (QED) is 0.302. The fourth-order valence-electron chi connectivity index (χ4n) is 3.29. The van der Waals surface area contributed by atoms with Gasteiger partial charge in [-0.05, 0) is 45.8 Å². The van der Waals surface area contributed by atoms with E-state index < -0.39 is 17.6 Å². The minimum Gasteiger partial charge on any atom is -0.343 e. The highest BCUT2D eigenvalue weighted by Gasteiger charge is 2.09. The second kappa shape index (κ2) is 8.53. The van der Waals surface area contributed by atoms with E-state index >= 15 is 0 Å². The van der Waals surface area contributed by atoms with Crippen LogP contribution in [-0.4, -0.2) is 24.6 Å². The number of fused-ring (bicyclic) bond motifs is 2. The first-order chi connectivity index (χ1) is 14.6. The zero-order valence-electron chi connectivity index (χ0n) is 15.9. The molecule has 0 radical (unpaired) electrons. The van der Waals surface area contributed by atoms with Crippen LogP contribution in [0.2, 0.25) is 0 Å². The van der Waals surface area contributed by atoms with Crippen LogP contribution in [0.4, 0.5) is 4.39 Å². The molecule has 0 spiro atoms. The van der Waals surface area contributed by atoms with Crippen molar-refractivity contribution in [3.8, 4) is 0 Å². The van der Waals surface area contributed by atoms with Crippen molar-refractivity contribution in [1.82, 2.24) is 10.7 Å². The summed E-state index contributed by atoms with van der Waals surface area (Å²) >= 11 is 0. The molecule has 0 aliphatic carbocycles. The lowest BCUT2D eigenvalue weighted by molar-refractivity contribution is -0.120. The summed E-state index contributed by atoms with van der Waals surface area (Å²) in [6.07, 6.45) is 1.61. The Morgan fingerprint density at radius 2 is 1.53 bits per heavy atom. The summed E-state index contributed by atoms with van der Waals surface area (Å²) < 4.78 is 13.2. The Bertz CT molecular complexity index is 1230. The van der Waals surface area contributed by atoms with E-state index in [1.54, 1.807) is 6.21 Å². The van der Waals surface area contributed by atoms with Gasteiger partial charge in [0.05, 0.1) is 12.8 Å². The molecule has 0 saturated carbocycles. The number of halogens is 1. The van der Waals surface area contributed by atoms with Crippen molar-refractivity contribution in [2.24, 2.45) is 5.10 Å². The van der Waals surface area contributed by atoms with Gasteiger partial charge in [0.1, 0.15) is 5.82 Å². The molecular weight excluding hydrogens is 381 g/mol. The van der Waals surface area contributed by atoms with Crippen LogP contribution in [-0.2, 0) is 4.79 Å². The Hall–Kier alpha value is -4.06. The van der Waals surface area contributed by atoms with Crippen LogP contribution in [0.1, 0.15) is 15.9 Å². The standard InChI is InChI=1S/C24H18FN3O2/c25-19-9-5-8-18(13-19)24(30)26-15-23(29)28-27-14-22-20-10-3-1-6-16(20)12-17-7-2-4-11-21(17)22/h1-14H,15H2,(H,26,30)(H,28,29)/b27-14-. The Labute approximate surface area is 172 Å². The van der Waals surface area contributed by atoms with Gasteiger partial charge >= 0.3 is 0 Å². The molecule has 0 aliphatic heterocycles. The summed E-state index contributed by atoms with van der Waals surface area (Å²) in [5.74, 6) is -1.53. The smallest absolute Gasteiger partial charge is 0.259 e. The summed E-state index contributed by atoms with van der Waals surface area (Å²) in [4.78, 5) is 24.0. The fourth-order valence-corrected chi connectivity index (χ4v) is 3.29. The van der Waals surface area contributed by atoms with Gasteiger partial charge in [-0.1, -0.05) is 54.6 Å². The van der Waals surface area contributed by atoms with Crippen LogP contribution in [0.5, 0.6) is 0 Å². The number of amides is 2. The molecule has 6 heteroatoms. The SMILES string of the molecule is O=C(CNC(=O)c1cccc(F)c1)N/N=C\c1c2ccccc2cc2ccccc12. The van der Waals surface area contributed by atoms with E-state index in [1.807, 2.05) is 48.5 Å². The van der Waals surface area contributed by atoms with E-state index in [9.17, 15) is 14.0 Å². The highest BCUT2D eigenvalue weighted by Crippen LogP contribution is 2.27. The number of hydrazone groups is 1. The molecule has 0 saturated heterocycles. The zero-order chi connectivity index (χ0) is 20.9. The van der Waals surface area contributed by atoms with Gasteiger partial charge in [0.15, 0.2) is 0 Å². The van der Waals surface area contributed by atoms with Crippen molar-refractivity contribution in [1.29, 1.82) is 0 Å². The average molecular weight is 399 g/mol. The number of hydrogen-bond donors (Lipinski definition) is 2. The van der Waals surface area contributed by atoms with Crippen LogP contribution < -0.4 is 10.7 Å².